The van der Waals surface area contributed by atoms with E-state index in [1.165, 1.54) is 19.2 Å². The summed E-state index contributed by atoms with van der Waals surface area (Å²) in [7, 11) is 1.50. The van der Waals surface area contributed by atoms with Crippen LogP contribution >= 0.6 is 0 Å². The number of nitrogens with one attached hydrogen (secondary N) is 2. The lowest BCUT2D eigenvalue weighted by Gasteiger charge is -2.16. The monoisotopic (exact) mass is 356 g/mol. The van der Waals surface area contributed by atoms with Crippen molar-refractivity contribution in [3.05, 3.63) is 62.6 Å². The summed E-state index contributed by atoms with van der Waals surface area (Å²) in [5.41, 5.74) is 2.43. The average molecular weight is 356 g/mol. The number of carbonyl (C=O) groups excluding carboxylic acids is 1. The molecule has 1 aromatic heterocycles. The van der Waals surface area contributed by atoms with E-state index in [2.05, 4.69) is 10.3 Å². The molecule has 1 heterocycles. The lowest BCUT2D eigenvalue weighted by Crippen LogP contribution is -2.26. The van der Waals surface area contributed by atoms with E-state index in [0.717, 1.165) is 36.9 Å². The highest BCUT2D eigenvalue weighted by atomic mass is 16.5. The highest BCUT2D eigenvalue weighted by molar-refractivity contribution is 6.04. The van der Waals surface area contributed by atoms with Gasteiger partial charge in [-0.15, -0.1) is 0 Å². The van der Waals surface area contributed by atoms with Gasteiger partial charge in [0.05, 0.1) is 12.2 Å². The molecule has 1 aliphatic rings. The molecule has 0 bridgehead atoms. The maximum Gasteiger partial charge on any atom is 0.335 e. The lowest BCUT2D eigenvalue weighted by atomic mass is 9.95. The molecule has 1 aliphatic carbocycles. The number of pyridine rings is 1. The van der Waals surface area contributed by atoms with E-state index in [4.69, 9.17) is 4.74 Å². The molecule has 0 atom stereocenters. The first-order valence-electron chi connectivity index (χ1n) is 8.40. The summed E-state index contributed by atoms with van der Waals surface area (Å²) in [6.45, 7) is 0.212. The van der Waals surface area contributed by atoms with Crippen molar-refractivity contribution in [1.82, 2.24) is 4.98 Å². The summed E-state index contributed by atoms with van der Waals surface area (Å²) in [6, 6.07) is 6.10. The van der Waals surface area contributed by atoms with Crippen LogP contribution in [0.15, 0.2) is 29.1 Å². The molecule has 7 nitrogen and oxygen atoms in total. The van der Waals surface area contributed by atoms with Gasteiger partial charge in [-0.3, -0.25) is 9.59 Å². The van der Waals surface area contributed by atoms with E-state index in [-0.39, 0.29) is 17.7 Å². The van der Waals surface area contributed by atoms with Gasteiger partial charge >= 0.3 is 5.97 Å². The third-order valence-electron chi connectivity index (χ3n) is 4.39. The van der Waals surface area contributed by atoms with Crippen LogP contribution in [0.1, 0.15) is 50.4 Å². The van der Waals surface area contributed by atoms with E-state index in [1.807, 2.05) is 0 Å². The summed E-state index contributed by atoms with van der Waals surface area (Å²) in [6.07, 6.45) is 3.70. The highest BCUT2D eigenvalue weighted by Gasteiger charge is 2.18. The van der Waals surface area contributed by atoms with Gasteiger partial charge in [0.25, 0.3) is 11.5 Å². The van der Waals surface area contributed by atoms with E-state index in [1.54, 1.807) is 12.1 Å². The molecule has 3 rings (SSSR count). The van der Waals surface area contributed by atoms with E-state index in [0.29, 0.717) is 11.3 Å². The summed E-state index contributed by atoms with van der Waals surface area (Å²) in [5, 5.41) is 11.8. The van der Waals surface area contributed by atoms with Crippen LogP contribution in [0.2, 0.25) is 0 Å². The first-order valence-corrected chi connectivity index (χ1v) is 8.40. The number of carboxylic acids is 1. The van der Waals surface area contributed by atoms with Crippen molar-refractivity contribution in [2.75, 3.05) is 12.4 Å². The summed E-state index contributed by atoms with van der Waals surface area (Å²) < 4.78 is 5.03. The van der Waals surface area contributed by atoms with Gasteiger partial charge in [0.15, 0.2) is 0 Å². The fourth-order valence-electron chi connectivity index (χ4n) is 3.18. The maximum atomic E-state index is 12.6. The van der Waals surface area contributed by atoms with Crippen molar-refractivity contribution in [2.45, 2.75) is 32.3 Å². The zero-order chi connectivity index (χ0) is 18.7. The van der Waals surface area contributed by atoms with Gasteiger partial charge in [0.1, 0.15) is 5.56 Å². The van der Waals surface area contributed by atoms with E-state index >= 15 is 0 Å². The Hall–Kier alpha value is -2.93. The minimum absolute atomic E-state index is 0.0275. The molecule has 0 unspecified atom stereocenters. The summed E-state index contributed by atoms with van der Waals surface area (Å²) in [5.74, 6) is -1.67. The number of H-pyrrole nitrogens is 1. The molecule has 7 heteroatoms. The van der Waals surface area contributed by atoms with Crippen molar-refractivity contribution in [3.63, 3.8) is 0 Å². The molecule has 1 amide bonds. The standard InChI is InChI=1S/C19H20N2O5/c1-26-10-11-6-13(19(24)25)8-14(7-11)20-17(22)15-9-12-4-2-3-5-16(12)21-18(15)23/h6-9H,2-5,10H2,1H3,(H,20,22)(H,21,23)(H,24,25). The molecule has 26 heavy (non-hydrogen) atoms. The molecule has 0 spiro atoms. The van der Waals surface area contributed by atoms with Crippen molar-refractivity contribution in [3.8, 4) is 0 Å². The number of rotatable bonds is 5. The Bertz CT molecular complexity index is 917. The van der Waals surface area contributed by atoms with Gasteiger partial charge in [-0.05, 0) is 61.1 Å². The number of fused-ring (bicyclic) bond motifs is 1. The molecule has 136 valence electrons. The van der Waals surface area contributed by atoms with Crippen LogP contribution in [0.3, 0.4) is 0 Å². The minimum atomic E-state index is -1.11. The number of methoxy groups -OCH3 is 1. The predicted octanol–water partition coefficient (Wildman–Crippen LogP) is 2.35. The fraction of sp³-hybridized carbons (Fsp3) is 0.316. The number of aromatic nitrogens is 1. The second kappa shape index (κ2) is 7.53. The van der Waals surface area contributed by atoms with Gasteiger partial charge in [0.2, 0.25) is 0 Å². The second-order valence-electron chi connectivity index (χ2n) is 6.33. The SMILES string of the molecule is COCc1cc(NC(=O)c2cc3c([nH]c2=O)CCCC3)cc(C(=O)O)c1. The molecule has 0 fully saturated rings. The Morgan fingerprint density at radius 3 is 2.69 bits per heavy atom. The van der Waals surface area contributed by atoms with Crippen molar-refractivity contribution >= 4 is 17.6 Å². The number of aryl methyl sites for hydroxylation is 2. The van der Waals surface area contributed by atoms with Crippen LogP contribution in [0.5, 0.6) is 0 Å². The van der Waals surface area contributed by atoms with E-state index < -0.39 is 17.4 Å². The number of ether oxygens (including phenoxy) is 1. The van der Waals surface area contributed by atoms with Crippen LogP contribution in [-0.2, 0) is 24.2 Å². The number of hydrogen-bond donors (Lipinski definition) is 3. The minimum Gasteiger partial charge on any atom is -0.478 e. The summed E-state index contributed by atoms with van der Waals surface area (Å²) >= 11 is 0. The Morgan fingerprint density at radius 1 is 1.19 bits per heavy atom. The quantitative estimate of drug-likeness (QED) is 0.762. The van der Waals surface area contributed by atoms with Gasteiger partial charge in [-0.2, -0.15) is 0 Å². The molecule has 0 radical (unpaired) electrons. The fourth-order valence-corrected chi connectivity index (χ4v) is 3.18. The number of carbonyl (C=O) groups is 2. The van der Waals surface area contributed by atoms with Crippen molar-refractivity contribution in [1.29, 1.82) is 0 Å². The van der Waals surface area contributed by atoms with E-state index in [9.17, 15) is 19.5 Å². The number of benzene rings is 1. The molecule has 2 aromatic rings. The molecule has 0 saturated heterocycles. The smallest absolute Gasteiger partial charge is 0.335 e. The first-order chi connectivity index (χ1) is 12.5. The van der Waals surface area contributed by atoms with Gasteiger partial charge in [-0.1, -0.05) is 0 Å². The van der Waals surface area contributed by atoms with Crippen LogP contribution in [-0.4, -0.2) is 29.1 Å². The third kappa shape index (κ3) is 3.83. The Labute approximate surface area is 150 Å². The molecule has 0 saturated carbocycles. The van der Waals surface area contributed by atoms with Gasteiger partial charge in [-0.25, -0.2) is 4.79 Å². The number of carboxylic acid groups (broad SMARTS) is 1. The topological polar surface area (TPSA) is 108 Å². The number of hydrogen-bond acceptors (Lipinski definition) is 4. The van der Waals surface area contributed by atoms with Crippen LogP contribution in [0, 0.1) is 0 Å². The molecule has 0 aliphatic heterocycles. The molecule has 3 N–H and O–H groups in total. The van der Waals surface area contributed by atoms with Crippen LogP contribution in [0.4, 0.5) is 5.69 Å². The molecular weight excluding hydrogens is 336 g/mol. The highest BCUT2D eigenvalue weighted by Crippen LogP contribution is 2.20. The molecule has 1 aromatic carbocycles. The number of aromatic amines is 1. The normalized spacial score (nSPS) is 13.1. The van der Waals surface area contributed by atoms with Crippen molar-refractivity contribution < 1.29 is 19.4 Å². The Balaban J connectivity index is 1.90. The second-order valence-corrected chi connectivity index (χ2v) is 6.33. The number of anilines is 1. The lowest BCUT2D eigenvalue weighted by molar-refractivity contribution is 0.0696. The zero-order valence-corrected chi connectivity index (χ0v) is 14.4. The zero-order valence-electron chi connectivity index (χ0n) is 14.4. The van der Waals surface area contributed by atoms with Gasteiger partial charge < -0.3 is 20.1 Å². The first kappa shape index (κ1) is 17.9. The Morgan fingerprint density at radius 2 is 1.96 bits per heavy atom. The summed E-state index contributed by atoms with van der Waals surface area (Å²) in [4.78, 5) is 38.9. The number of amides is 1. The van der Waals surface area contributed by atoms with Crippen LogP contribution in [0.25, 0.3) is 0 Å². The van der Waals surface area contributed by atoms with Crippen LogP contribution < -0.4 is 10.9 Å². The maximum absolute atomic E-state index is 12.6. The molecular formula is C19H20N2O5. The Kier molecular flexibility index (Phi) is 5.18. The largest absolute Gasteiger partial charge is 0.478 e. The average Bonchev–Trinajstić information content (AvgIpc) is 2.61. The van der Waals surface area contributed by atoms with Gasteiger partial charge in [0, 0.05) is 18.5 Å². The number of aromatic carboxylic acids is 1. The van der Waals surface area contributed by atoms with Crippen molar-refractivity contribution in [2.24, 2.45) is 0 Å². The third-order valence-corrected chi connectivity index (χ3v) is 4.39. The predicted molar refractivity (Wildman–Crippen MR) is 95.8 cm³/mol.